The van der Waals surface area contributed by atoms with Crippen LogP contribution in [-0.4, -0.2) is 47.6 Å². The molecule has 4 N–H and O–H groups in total. The average molecular weight is 295 g/mol. The zero-order valence-corrected chi connectivity index (χ0v) is 11.8. The minimum absolute atomic E-state index is 0.228. The largest absolute Gasteiger partial charge is 0.383 e. The van der Waals surface area contributed by atoms with Crippen LogP contribution in [0.25, 0.3) is 11.0 Å². The molecule has 0 spiro atoms. The number of nitrogens with two attached hydrogens (primary N) is 1. The third-order valence-corrected chi connectivity index (χ3v) is 4.44. The fourth-order valence-corrected chi connectivity index (χ4v) is 3.43. The van der Waals surface area contributed by atoms with Gasteiger partial charge in [0, 0.05) is 6.20 Å². The number of piperidine rings is 1. The Kier molecular flexibility index (Phi) is 3.68. The maximum Gasteiger partial charge on any atom is 0.167 e. The Morgan fingerprint density at radius 2 is 2.20 bits per heavy atom. The van der Waals surface area contributed by atoms with E-state index < -0.39 is 11.1 Å². The molecular weight excluding hydrogens is 278 g/mol. The summed E-state index contributed by atoms with van der Waals surface area (Å²) in [5.74, 6) is 1.12. The highest BCUT2D eigenvalue weighted by molar-refractivity contribution is 7.79. The Hall–Kier alpha value is -1.51. The molecule has 2 aromatic heterocycles. The van der Waals surface area contributed by atoms with Gasteiger partial charge in [-0.05, 0) is 37.4 Å². The van der Waals surface area contributed by atoms with Gasteiger partial charge in [-0.2, -0.15) is 0 Å². The van der Waals surface area contributed by atoms with E-state index in [0.717, 1.165) is 42.5 Å². The number of nitrogens with zero attached hydrogens (tertiary/aromatic N) is 3. The van der Waals surface area contributed by atoms with Gasteiger partial charge in [0.05, 0.1) is 5.39 Å². The van der Waals surface area contributed by atoms with Gasteiger partial charge in [0.15, 0.2) is 11.1 Å². The highest BCUT2D eigenvalue weighted by Crippen LogP contribution is 2.34. The Balaban J connectivity index is 1.79. The topological polar surface area (TPSA) is 108 Å². The lowest BCUT2D eigenvalue weighted by Gasteiger charge is -2.30. The van der Waals surface area contributed by atoms with Gasteiger partial charge < -0.3 is 15.3 Å². The number of hydrogen-bond donors (Lipinski definition) is 3. The molecule has 0 aliphatic carbocycles. The standard InChI is InChI=1S/C12H17N5O2S/c13-11-10-9(5-14-12(10)16-6-15-11)8-1-3-17(4-2-8)7-20(18)19/h5-6,8H,1-4,7H2,(H,18,19)(H3,13,14,15,16). The maximum atomic E-state index is 10.8. The van der Waals surface area contributed by atoms with E-state index in [1.54, 1.807) is 0 Å². The molecule has 1 unspecified atom stereocenters. The summed E-state index contributed by atoms with van der Waals surface area (Å²) in [4.78, 5) is 13.4. The van der Waals surface area contributed by atoms with Crippen LogP contribution in [0.4, 0.5) is 5.82 Å². The number of hydrogen-bond acceptors (Lipinski definition) is 5. The summed E-state index contributed by atoms with van der Waals surface area (Å²) in [6.45, 7) is 1.63. The zero-order chi connectivity index (χ0) is 14.1. The van der Waals surface area contributed by atoms with Gasteiger partial charge >= 0.3 is 0 Å². The molecule has 0 radical (unpaired) electrons. The van der Waals surface area contributed by atoms with Crippen molar-refractivity contribution in [2.75, 3.05) is 24.7 Å². The molecule has 1 aliphatic heterocycles. The van der Waals surface area contributed by atoms with Gasteiger partial charge in [-0.3, -0.25) is 4.90 Å². The van der Waals surface area contributed by atoms with Crippen molar-refractivity contribution >= 4 is 27.9 Å². The van der Waals surface area contributed by atoms with Crippen molar-refractivity contribution in [2.45, 2.75) is 18.8 Å². The first-order valence-corrected chi connectivity index (χ1v) is 7.80. The van der Waals surface area contributed by atoms with Gasteiger partial charge in [-0.1, -0.05) is 0 Å². The summed E-state index contributed by atoms with van der Waals surface area (Å²) in [6, 6.07) is 0. The number of nitrogens with one attached hydrogen (secondary N) is 1. The Morgan fingerprint density at radius 1 is 1.45 bits per heavy atom. The number of aromatic amines is 1. The summed E-state index contributed by atoms with van der Waals surface area (Å²) in [5.41, 5.74) is 7.87. The lowest BCUT2D eigenvalue weighted by molar-refractivity contribution is 0.241. The molecule has 1 saturated heterocycles. The number of rotatable bonds is 3. The monoisotopic (exact) mass is 295 g/mol. The summed E-state index contributed by atoms with van der Waals surface area (Å²) in [7, 11) is 0. The molecule has 0 aromatic carbocycles. The maximum absolute atomic E-state index is 10.8. The van der Waals surface area contributed by atoms with Crippen molar-refractivity contribution in [1.29, 1.82) is 0 Å². The van der Waals surface area contributed by atoms with E-state index in [1.807, 2.05) is 11.1 Å². The third-order valence-electron chi connectivity index (χ3n) is 3.85. The van der Waals surface area contributed by atoms with Crippen molar-refractivity contribution < 1.29 is 8.76 Å². The summed E-state index contributed by atoms with van der Waals surface area (Å²) in [6.07, 6.45) is 5.30. The molecule has 20 heavy (non-hydrogen) atoms. The van der Waals surface area contributed by atoms with E-state index in [1.165, 1.54) is 6.33 Å². The van der Waals surface area contributed by atoms with Gasteiger partial charge in [-0.25, -0.2) is 14.2 Å². The third kappa shape index (κ3) is 2.54. The van der Waals surface area contributed by atoms with E-state index in [-0.39, 0.29) is 5.88 Å². The van der Waals surface area contributed by atoms with Crippen LogP contribution in [0, 0.1) is 0 Å². The number of likely N-dealkylation sites (tertiary alicyclic amines) is 1. The van der Waals surface area contributed by atoms with Crippen LogP contribution in [0.2, 0.25) is 0 Å². The second-order valence-corrected chi connectivity index (χ2v) is 5.97. The van der Waals surface area contributed by atoms with Crippen LogP contribution in [0.5, 0.6) is 0 Å². The smallest absolute Gasteiger partial charge is 0.167 e. The molecule has 3 heterocycles. The Labute approximate surface area is 118 Å². The summed E-state index contributed by atoms with van der Waals surface area (Å²) < 4.78 is 19.8. The molecule has 3 rings (SSSR count). The number of fused-ring (bicyclic) bond motifs is 1. The Morgan fingerprint density at radius 3 is 2.90 bits per heavy atom. The van der Waals surface area contributed by atoms with Crippen LogP contribution in [0.15, 0.2) is 12.5 Å². The number of anilines is 1. The first kappa shape index (κ1) is 13.5. The fraction of sp³-hybridized carbons (Fsp3) is 0.500. The molecule has 1 fully saturated rings. The number of aromatic nitrogens is 3. The van der Waals surface area contributed by atoms with E-state index in [4.69, 9.17) is 10.3 Å². The lowest BCUT2D eigenvalue weighted by Crippen LogP contribution is -2.35. The first-order chi connectivity index (χ1) is 9.65. The highest BCUT2D eigenvalue weighted by atomic mass is 32.2. The fourth-order valence-electron chi connectivity index (χ4n) is 2.86. The molecule has 8 heteroatoms. The van der Waals surface area contributed by atoms with Crippen LogP contribution in [0.1, 0.15) is 24.3 Å². The highest BCUT2D eigenvalue weighted by Gasteiger charge is 2.24. The molecule has 1 atom stereocenters. The average Bonchev–Trinajstić information content (AvgIpc) is 2.84. The predicted octanol–water partition coefficient (Wildman–Crippen LogP) is 0.899. The van der Waals surface area contributed by atoms with Gasteiger partial charge in [0.2, 0.25) is 0 Å². The lowest BCUT2D eigenvalue weighted by atomic mass is 9.90. The number of H-pyrrole nitrogens is 1. The zero-order valence-electron chi connectivity index (χ0n) is 11.0. The molecule has 7 nitrogen and oxygen atoms in total. The van der Waals surface area contributed by atoms with Crippen molar-refractivity contribution in [3.05, 3.63) is 18.1 Å². The SMILES string of the molecule is Nc1ncnc2[nH]cc(C3CCN(CS(=O)O)CC3)c12. The molecule has 0 bridgehead atoms. The van der Waals surface area contributed by atoms with Crippen molar-refractivity contribution in [2.24, 2.45) is 0 Å². The van der Waals surface area contributed by atoms with Gasteiger partial charge in [0.1, 0.15) is 23.7 Å². The summed E-state index contributed by atoms with van der Waals surface area (Å²) >= 11 is -1.76. The predicted molar refractivity (Wildman–Crippen MR) is 77.5 cm³/mol. The first-order valence-electron chi connectivity index (χ1n) is 6.52. The van der Waals surface area contributed by atoms with Crippen LogP contribution in [-0.2, 0) is 11.1 Å². The van der Waals surface area contributed by atoms with E-state index in [2.05, 4.69) is 15.0 Å². The van der Waals surface area contributed by atoms with E-state index in [9.17, 15) is 4.21 Å². The van der Waals surface area contributed by atoms with E-state index >= 15 is 0 Å². The van der Waals surface area contributed by atoms with Gasteiger partial charge in [0.25, 0.3) is 0 Å². The molecule has 0 amide bonds. The summed E-state index contributed by atoms with van der Waals surface area (Å²) in [5, 5.41) is 0.914. The van der Waals surface area contributed by atoms with E-state index in [0.29, 0.717) is 11.7 Å². The number of nitrogen functional groups attached to an aromatic ring is 1. The van der Waals surface area contributed by atoms with Crippen LogP contribution < -0.4 is 5.73 Å². The van der Waals surface area contributed by atoms with Crippen LogP contribution in [0.3, 0.4) is 0 Å². The molecule has 1 aliphatic rings. The molecule has 0 saturated carbocycles. The molecule has 108 valence electrons. The second kappa shape index (κ2) is 5.47. The van der Waals surface area contributed by atoms with Crippen molar-refractivity contribution in [3.8, 4) is 0 Å². The quantitative estimate of drug-likeness (QED) is 0.726. The second-order valence-electron chi connectivity index (χ2n) is 5.07. The molecular formula is C12H17N5O2S. The Bertz CT molecular complexity index is 636. The molecule has 2 aromatic rings. The normalized spacial score (nSPS) is 19.4. The van der Waals surface area contributed by atoms with Crippen LogP contribution >= 0.6 is 0 Å². The van der Waals surface area contributed by atoms with Crippen molar-refractivity contribution in [3.63, 3.8) is 0 Å². The van der Waals surface area contributed by atoms with Crippen molar-refractivity contribution in [1.82, 2.24) is 19.9 Å². The minimum atomic E-state index is -1.76. The minimum Gasteiger partial charge on any atom is -0.383 e. The van der Waals surface area contributed by atoms with Gasteiger partial charge in [-0.15, -0.1) is 0 Å².